The molecule has 0 bridgehead atoms. The van der Waals surface area contributed by atoms with Crippen LogP contribution in [0.4, 0.5) is 0 Å². The molecule has 0 saturated carbocycles. The van der Waals surface area contributed by atoms with Crippen LogP contribution in [0.2, 0.25) is 0 Å². The molecule has 1 rings (SSSR count). The molecular formula is C8H10O3S. The van der Waals surface area contributed by atoms with Crippen molar-refractivity contribution in [2.24, 2.45) is 0 Å². The van der Waals surface area contributed by atoms with Gasteiger partial charge in [-0.25, -0.2) is 0 Å². The molecule has 0 aliphatic carbocycles. The normalized spacial score (nSPS) is 9.58. The van der Waals surface area contributed by atoms with Crippen molar-refractivity contribution >= 4 is 17.1 Å². The van der Waals surface area contributed by atoms with E-state index >= 15 is 0 Å². The molecule has 0 spiro atoms. The van der Waals surface area contributed by atoms with Gasteiger partial charge in [0.25, 0.3) is 0 Å². The highest BCUT2D eigenvalue weighted by Gasteiger charge is 2.15. The Morgan fingerprint density at radius 1 is 1.42 bits per heavy atom. The number of thiophene rings is 1. The highest BCUT2D eigenvalue weighted by Crippen LogP contribution is 2.36. The molecule has 1 aromatic heterocycles. The van der Waals surface area contributed by atoms with E-state index < -0.39 is 0 Å². The average molecular weight is 186 g/mol. The summed E-state index contributed by atoms with van der Waals surface area (Å²) >= 11 is 1.33. The van der Waals surface area contributed by atoms with Gasteiger partial charge in [-0.05, 0) is 0 Å². The fraction of sp³-hybridized carbons (Fsp3) is 0.375. The van der Waals surface area contributed by atoms with Gasteiger partial charge in [0, 0.05) is 12.3 Å². The maximum atomic E-state index is 11.0. The zero-order chi connectivity index (χ0) is 9.14. The fourth-order valence-electron chi connectivity index (χ4n) is 0.908. The molecule has 0 unspecified atom stereocenters. The van der Waals surface area contributed by atoms with E-state index in [4.69, 9.17) is 9.47 Å². The SMILES string of the molecule is COc1csc(C(C)=O)c1OC. The second-order valence-electron chi connectivity index (χ2n) is 2.22. The lowest BCUT2D eigenvalue weighted by molar-refractivity contribution is 0.101. The van der Waals surface area contributed by atoms with Gasteiger partial charge in [-0.2, -0.15) is 0 Å². The third kappa shape index (κ3) is 1.43. The van der Waals surface area contributed by atoms with Crippen molar-refractivity contribution in [3.63, 3.8) is 0 Å². The molecule has 0 aliphatic rings. The molecular weight excluding hydrogens is 176 g/mol. The standard InChI is InChI=1S/C8H10O3S/c1-5(9)8-7(11-3)6(10-2)4-12-8/h4H,1-3H3. The molecule has 66 valence electrons. The minimum atomic E-state index is 0.000139. The first-order valence-corrected chi connectivity index (χ1v) is 4.29. The van der Waals surface area contributed by atoms with E-state index in [-0.39, 0.29) is 5.78 Å². The zero-order valence-electron chi connectivity index (χ0n) is 7.21. The van der Waals surface area contributed by atoms with Crippen molar-refractivity contribution in [1.29, 1.82) is 0 Å². The Morgan fingerprint density at radius 2 is 2.08 bits per heavy atom. The molecule has 0 aromatic carbocycles. The van der Waals surface area contributed by atoms with Crippen molar-refractivity contribution in [3.05, 3.63) is 10.3 Å². The lowest BCUT2D eigenvalue weighted by atomic mass is 10.3. The van der Waals surface area contributed by atoms with Crippen LogP contribution in [0.5, 0.6) is 11.5 Å². The Labute approximate surface area is 74.9 Å². The summed E-state index contributed by atoms with van der Waals surface area (Å²) in [6.07, 6.45) is 0. The summed E-state index contributed by atoms with van der Waals surface area (Å²) in [5, 5.41) is 1.76. The lowest BCUT2D eigenvalue weighted by Crippen LogP contribution is -1.93. The third-order valence-corrected chi connectivity index (χ3v) is 2.50. The molecule has 1 heterocycles. The molecule has 0 saturated heterocycles. The first-order valence-electron chi connectivity index (χ1n) is 3.41. The van der Waals surface area contributed by atoms with E-state index in [0.717, 1.165) is 0 Å². The Balaban J connectivity index is 3.13. The van der Waals surface area contributed by atoms with Gasteiger partial charge in [-0.1, -0.05) is 0 Å². The number of carbonyl (C=O) groups excluding carboxylic acids is 1. The molecule has 0 radical (unpaired) electrons. The van der Waals surface area contributed by atoms with Crippen LogP contribution in [-0.4, -0.2) is 20.0 Å². The van der Waals surface area contributed by atoms with Gasteiger partial charge < -0.3 is 9.47 Å². The zero-order valence-corrected chi connectivity index (χ0v) is 8.03. The molecule has 4 heteroatoms. The molecule has 12 heavy (non-hydrogen) atoms. The first-order chi connectivity index (χ1) is 5.70. The summed E-state index contributed by atoms with van der Waals surface area (Å²) in [5.74, 6) is 1.16. The topological polar surface area (TPSA) is 35.5 Å². The van der Waals surface area contributed by atoms with Crippen molar-refractivity contribution in [2.45, 2.75) is 6.92 Å². The van der Waals surface area contributed by atoms with Gasteiger partial charge in [-0.3, -0.25) is 4.79 Å². The predicted octanol–water partition coefficient (Wildman–Crippen LogP) is 1.97. The summed E-state index contributed by atoms with van der Waals surface area (Å²) in [6.45, 7) is 1.51. The molecule has 0 fully saturated rings. The maximum absolute atomic E-state index is 11.0. The largest absolute Gasteiger partial charge is 0.492 e. The molecule has 0 atom stereocenters. The van der Waals surface area contributed by atoms with Gasteiger partial charge in [0.05, 0.1) is 14.2 Å². The Hall–Kier alpha value is -1.03. The number of hydrogen-bond acceptors (Lipinski definition) is 4. The summed E-state index contributed by atoms with van der Waals surface area (Å²) in [4.78, 5) is 11.6. The molecule has 1 aromatic rings. The smallest absolute Gasteiger partial charge is 0.182 e. The number of hydrogen-bond donors (Lipinski definition) is 0. The van der Waals surface area contributed by atoms with Gasteiger partial charge >= 0.3 is 0 Å². The Bertz CT molecular complexity index is 290. The van der Waals surface area contributed by atoms with Crippen LogP contribution in [0.1, 0.15) is 16.6 Å². The maximum Gasteiger partial charge on any atom is 0.182 e. The van der Waals surface area contributed by atoms with E-state index in [2.05, 4.69) is 0 Å². The van der Waals surface area contributed by atoms with Gasteiger partial charge in [0.1, 0.15) is 4.88 Å². The van der Waals surface area contributed by atoms with E-state index in [1.807, 2.05) is 0 Å². The highest BCUT2D eigenvalue weighted by atomic mass is 32.1. The van der Waals surface area contributed by atoms with Gasteiger partial charge in [0.15, 0.2) is 17.3 Å². The average Bonchev–Trinajstić information content (AvgIpc) is 2.46. The monoisotopic (exact) mass is 186 g/mol. The number of rotatable bonds is 3. The molecule has 0 N–H and O–H groups in total. The van der Waals surface area contributed by atoms with E-state index in [0.29, 0.717) is 16.4 Å². The quantitative estimate of drug-likeness (QED) is 0.677. The highest BCUT2D eigenvalue weighted by molar-refractivity contribution is 7.12. The first kappa shape index (κ1) is 9.06. The van der Waals surface area contributed by atoms with Crippen LogP contribution in [0.15, 0.2) is 5.38 Å². The molecule has 0 aliphatic heterocycles. The summed E-state index contributed by atoms with van der Waals surface area (Å²) < 4.78 is 10.0. The summed E-state index contributed by atoms with van der Waals surface area (Å²) in [6, 6.07) is 0. The van der Waals surface area contributed by atoms with Crippen molar-refractivity contribution < 1.29 is 14.3 Å². The van der Waals surface area contributed by atoms with Crippen LogP contribution >= 0.6 is 11.3 Å². The van der Waals surface area contributed by atoms with Crippen molar-refractivity contribution in [3.8, 4) is 11.5 Å². The van der Waals surface area contributed by atoms with Crippen LogP contribution in [0, 0.1) is 0 Å². The van der Waals surface area contributed by atoms with E-state index in [9.17, 15) is 4.79 Å². The lowest BCUT2D eigenvalue weighted by Gasteiger charge is -2.01. The van der Waals surface area contributed by atoms with Gasteiger partial charge in [-0.15, -0.1) is 11.3 Å². The van der Waals surface area contributed by atoms with E-state index in [1.165, 1.54) is 25.4 Å². The second-order valence-corrected chi connectivity index (χ2v) is 3.10. The van der Waals surface area contributed by atoms with Crippen LogP contribution in [0.25, 0.3) is 0 Å². The molecule has 0 amide bonds. The predicted molar refractivity (Wildman–Crippen MR) is 47.4 cm³/mol. The summed E-state index contributed by atoms with van der Waals surface area (Å²) in [7, 11) is 3.07. The van der Waals surface area contributed by atoms with Crippen LogP contribution < -0.4 is 9.47 Å². The van der Waals surface area contributed by atoms with Crippen LogP contribution in [0.3, 0.4) is 0 Å². The van der Waals surface area contributed by atoms with Crippen molar-refractivity contribution in [1.82, 2.24) is 0 Å². The fourth-order valence-corrected chi connectivity index (χ4v) is 1.79. The number of Topliss-reactive ketones (excluding diaryl/α,β-unsaturated/α-hetero) is 1. The molecule has 3 nitrogen and oxygen atoms in total. The van der Waals surface area contributed by atoms with E-state index in [1.54, 1.807) is 12.5 Å². The minimum absolute atomic E-state index is 0.000139. The van der Waals surface area contributed by atoms with Crippen molar-refractivity contribution in [2.75, 3.05) is 14.2 Å². The number of ether oxygens (including phenoxy) is 2. The Kier molecular flexibility index (Phi) is 2.70. The van der Waals surface area contributed by atoms with Gasteiger partial charge in [0.2, 0.25) is 0 Å². The summed E-state index contributed by atoms with van der Waals surface area (Å²) in [5.41, 5.74) is 0. The third-order valence-electron chi connectivity index (χ3n) is 1.46. The second kappa shape index (κ2) is 3.58. The Morgan fingerprint density at radius 3 is 2.50 bits per heavy atom. The minimum Gasteiger partial charge on any atom is -0.492 e. The van der Waals surface area contributed by atoms with Crippen LogP contribution in [-0.2, 0) is 0 Å². The number of carbonyl (C=O) groups is 1. The number of methoxy groups -OCH3 is 2. The number of ketones is 1.